The van der Waals surface area contributed by atoms with Gasteiger partial charge in [-0.15, -0.1) is 0 Å². The normalized spacial score (nSPS) is 10.4. The van der Waals surface area contributed by atoms with Crippen molar-refractivity contribution in [2.75, 3.05) is 6.61 Å². The van der Waals surface area contributed by atoms with Crippen LogP contribution in [0.3, 0.4) is 0 Å². The van der Waals surface area contributed by atoms with Crippen LogP contribution in [0.15, 0.2) is 48.5 Å². The maximum Gasteiger partial charge on any atom is 0.190 e. The Morgan fingerprint density at radius 3 is 2.63 bits per heavy atom. The molecule has 0 saturated heterocycles. The van der Waals surface area contributed by atoms with Crippen molar-refractivity contribution in [1.29, 1.82) is 0 Å². The number of carbonyl (C=O) groups excluding carboxylic acids is 1. The highest BCUT2D eigenvalue weighted by molar-refractivity contribution is 6.34. The van der Waals surface area contributed by atoms with Gasteiger partial charge in [0.1, 0.15) is 12.4 Å². The summed E-state index contributed by atoms with van der Waals surface area (Å²) >= 11 is 5.84. The minimum atomic E-state index is -0.490. The van der Waals surface area contributed by atoms with Crippen LogP contribution in [0.2, 0.25) is 5.02 Å². The fourth-order valence-corrected chi connectivity index (χ4v) is 1.85. The van der Waals surface area contributed by atoms with E-state index in [2.05, 4.69) is 0 Å². The molecule has 2 aromatic carbocycles. The third-order valence-corrected chi connectivity index (χ3v) is 2.90. The quantitative estimate of drug-likeness (QED) is 0.776. The lowest BCUT2D eigenvalue weighted by atomic mass is 10.1. The number of ketones is 1. The molecule has 0 unspecified atom stereocenters. The first-order valence-electron chi connectivity index (χ1n) is 5.77. The molecule has 0 bridgehead atoms. The van der Waals surface area contributed by atoms with Gasteiger partial charge in [0.2, 0.25) is 0 Å². The molecular formula is C15H12ClFO2. The Hall–Kier alpha value is -1.71. The standard InChI is InChI=1S/C15H12ClFO2/c16-14-7-6-12(17)8-13(14)15(18)10-19-9-11-4-2-1-3-5-11/h1-8H,9-10H2. The van der Waals surface area contributed by atoms with Gasteiger partial charge in [-0.3, -0.25) is 4.79 Å². The summed E-state index contributed by atoms with van der Waals surface area (Å²) in [4.78, 5) is 11.8. The van der Waals surface area contributed by atoms with E-state index in [1.807, 2.05) is 30.3 Å². The Morgan fingerprint density at radius 1 is 1.16 bits per heavy atom. The Labute approximate surface area is 115 Å². The average Bonchev–Trinajstić information content (AvgIpc) is 2.42. The predicted octanol–water partition coefficient (Wildman–Crippen LogP) is 3.88. The van der Waals surface area contributed by atoms with E-state index in [-0.39, 0.29) is 23.0 Å². The Kier molecular flexibility index (Phi) is 4.66. The van der Waals surface area contributed by atoms with E-state index in [1.54, 1.807) is 0 Å². The second-order valence-corrected chi connectivity index (χ2v) is 4.43. The lowest BCUT2D eigenvalue weighted by Crippen LogP contribution is -2.10. The zero-order chi connectivity index (χ0) is 13.7. The highest BCUT2D eigenvalue weighted by Crippen LogP contribution is 2.17. The van der Waals surface area contributed by atoms with Crippen LogP contribution in [-0.2, 0) is 11.3 Å². The van der Waals surface area contributed by atoms with E-state index in [1.165, 1.54) is 12.1 Å². The molecule has 0 radical (unpaired) electrons. The van der Waals surface area contributed by atoms with Crippen molar-refractivity contribution in [3.05, 3.63) is 70.5 Å². The van der Waals surface area contributed by atoms with Gasteiger partial charge < -0.3 is 4.74 Å². The van der Waals surface area contributed by atoms with Crippen LogP contribution in [0, 0.1) is 5.82 Å². The molecule has 2 rings (SSSR count). The number of hydrogen-bond donors (Lipinski definition) is 0. The fourth-order valence-electron chi connectivity index (χ4n) is 1.62. The lowest BCUT2D eigenvalue weighted by Gasteiger charge is -2.05. The topological polar surface area (TPSA) is 26.3 Å². The maximum atomic E-state index is 13.0. The van der Waals surface area contributed by atoms with Gasteiger partial charge in [0.05, 0.1) is 11.6 Å². The van der Waals surface area contributed by atoms with Crippen LogP contribution in [0.4, 0.5) is 4.39 Å². The van der Waals surface area contributed by atoms with Crippen LogP contribution >= 0.6 is 11.6 Å². The number of halogens is 2. The number of Topliss-reactive ketones (excluding diaryl/α,β-unsaturated/α-hetero) is 1. The monoisotopic (exact) mass is 278 g/mol. The van der Waals surface area contributed by atoms with E-state index in [0.29, 0.717) is 6.61 Å². The van der Waals surface area contributed by atoms with Crippen molar-refractivity contribution in [1.82, 2.24) is 0 Å². The van der Waals surface area contributed by atoms with Gasteiger partial charge in [-0.1, -0.05) is 41.9 Å². The molecule has 0 N–H and O–H groups in total. The highest BCUT2D eigenvalue weighted by atomic mass is 35.5. The van der Waals surface area contributed by atoms with Crippen LogP contribution in [0.1, 0.15) is 15.9 Å². The van der Waals surface area contributed by atoms with Gasteiger partial charge in [-0.05, 0) is 23.8 Å². The molecule has 2 nitrogen and oxygen atoms in total. The summed E-state index contributed by atoms with van der Waals surface area (Å²) in [5.41, 5.74) is 1.12. The van der Waals surface area contributed by atoms with Crippen molar-refractivity contribution in [2.45, 2.75) is 6.61 Å². The van der Waals surface area contributed by atoms with Gasteiger partial charge in [-0.2, -0.15) is 0 Å². The van der Waals surface area contributed by atoms with Gasteiger partial charge in [-0.25, -0.2) is 4.39 Å². The molecule has 98 valence electrons. The zero-order valence-corrected chi connectivity index (χ0v) is 10.9. The molecule has 0 heterocycles. The van der Waals surface area contributed by atoms with Gasteiger partial charge in [0.15, 0.2) is 5.78 Å². The molecule has 0 spiro atoms. The van der Waals surface area contributed by atoms with Gasteiger partial charge in [0.25, 0.3) is 0 Å². The smallest absolute Gasteiger partial charge is 0.190 e. The number of carbonyl (C=O) groups is 1. The van der Waals surface area contributed by atoms with Gasteiger partial charge >= 0.3 is 0 Å². The molecule has 0 aliphatic heterocycles. The Bertz CT molecular complexity index is 570. The molecule has 2 aromatic rings. The van der Waals surface area contributed by atoms with Gasteiger partial charge in [0, 0.05) is 5.56 Å². The minimum Gasteiger partial charge on any atom is -0.369 e. The van der Waals surface area contributed by atoms with Crippen LogP contribution < -0.4 is 0 Å². The number of ether oxygens (including phenoxy) is 1. The van der Waals surface area contributed by atoms with Crippen molar-refractivity contribution in [3.63, 3.8) is 0 Å². The van der Waals surface area contributed by atoms with E-state index >= 15 is 0 Å². The van der Waals surface area contributed by atoms with Crippen LogP contribution in [0.5, 0.6) is 0 Å². The first kappa shape index (κ1) is 13.7. The van der Waals surface area contributed by atoms with E-state index in [0.717, 1.165) is 11.6 Å². The summed E-state index contributed by atoms with van der Waals surface area (Å²) in [5.74, 6) is -0.823. The summed E-state index contributed by atoms with van der Waals surface area (Å²) in [6.45, 7) is 0.206. The Morgan fingerprint density at radius 2 is 1.89 bits per heavy atom. The third-order valence-electron chi connectivity index (χ3n) is 2.57. The van der Waals surface area contributed by atoms with Crippen molar-refractivity contribution < 1.29 is 13.9 Å². The molecule has 4 heteroatoms. The summed E-state index contributed by atoms with van der Waals surface area (Å²) in [7, 11) is 0. The molecule has 0 aliphatic carbocycles. The second kappa shape index (κ2) is 6.45. The largest absolute Gasteiger partial charge is 0.369 e. The molecule has 0 atom stereocenters. The lowest BCUT2D eigenvalue weighted by molar-refractivity contribution is 0.0726. The van der Waals surface area contributed by atoms with E-state index < -0.39 is 5.82 Å². The van der Waals surface area contributed by atoms with Crippen LogP contribution in [-0.4, -0.2) is 12.4 Å². The zero-order valence-electron chi connectivity index (χ0n) is 10.1. The first-order valence-corrected chi connectivity index (χ1v) is 6.14. The van der Waals surface area contributed by atoms with Crippen LogP contribution in [0.25, 0.3) is 0 Å². The molecule has 0 saturated carbocycles. The second-order valence-electron chi connectivity index (χ2n) is 4.03. The molecular weight excluding hydrogens is 267 g/mol. The average molecular weight is 279 g/mol. The highest BCUT2D eigenvalue weighted by Gasteiger charge is 2.11. The summed E-state index contributed by atoms with van der Waals surface area (Å²) in [6, 6.07) is 13.2. The maximum absolute atomic E-state index is 13.0. The van der Waals surface area contributed by atoms with Crippen molar-refractivity contribution in [3.8, 4) is 0 Å². The SMILES string of the molecule is O=C(COCc1ccccc1)c1cc(F)ccc1Cl. The minimum absolute atomic E-state index is 0.127. The summed E-state index contributed by atoms with van der Waals surface area (Å²) in [5, 5.41) is 0.231. The fraction of sp³-hybridized carbons (Fsp3) is 0.133. The molecule has 0 amide bonds. The summed E-state index contributed by atoms with van der Waals surface area (Å²) in [6.07, 6.45) is 0. The number of benzene rings is 2. The molecule has 19 heavy (non-hydrogen) atoms. The molecule has 0 aliphatic rings. The number of hydrogen-bond acceptors (Lipinski definition) is 2. The van der Waals surface area contributed by atoms with Crippen molar-refractivity contribution in [2.24, 2.45) is 0 Å². The number of rotatable bonds is 5. The summed E-state index contributed by atoms with van der Waals surface area (Å²) < 4.78 is 18.3. The predicted molar refractivity (Wildman–Crippen MR) is 71.8 cm³/mol. The Balaban J connectivity index is 1.93. The van der Waals surface area contributed by atoms with Crippen molar-refractivity contribution >= 4 is 17.4 Å². The van der Waals surface area contributed by atoms with E-state index in [4.69, 9.17) is 16.3 Å². The third kappa shape index (κ3) is 3.88. The van der Waals surface area contributed by atoms with E-state index in [9.17, 15) is 9.18 Å². The molecule has 0 aromatic heterocycles. The first-order chi connectivity index (χ1) is 9.16. The molecule has 0 fully saturated rings.